The lowest BCUT2D eigenvalue weighted by Crippen LogP contribution is -2.56. The van der Waals surface area contributed by atoms with E-state index >= 15 is 0 Å². The van der Waals surface area contributed by atoms with Crippen LogP contribution in [0.1, 0.15) is 42.6 Å². The Morgan fingerprint density at radius 3 is 2.58 bits per heavy atom. The van der Waals surface area contributed by atoms with Crippen molar-refractivity contribution in [3.8, 4) is 0 Å². The molecule has 3 heteroatoms. The zero-order valence-electron chi connectivity index (χ0n) is 18.7. The van der Waals surface area contributed by atoms with Crippen molar-refractivity contribution >= 4 is 10.9 Å². The molecule has 1 unspecified atom stereocenters. The van der Waals surface area contributed by atoms with Crippen molar-refractivity contribution in [3.05, 3.63) is 84.1 Å². The highest BCUT2D eigenvalue weighted by atomic mass is 16.3. The van der Waals surface area contributed by atoms with Crippen LogP contribution in [0.4, 0.5) is 0 Å². The van der Waals surface area contributed by atoms with Gasteiger partial charge in [-0.3, -0.25) is 4.90 Å². The van der Waals surface area contributed by atoms with Gasteiger partial charge in [-0.25, -0.2) is 0 Å². The topological polar surface area (TPSA) is 28.4 Å². The fourth-order valence-electron chi connectivity index (χ4n) is 6.62. The van der Waals surface area contributed by atoms with Crippen molar-refractivity contribution in [1.29, 1.82) is 0 Å². The second-order valence-corrected chi connectivity index (χ2v) is 9.44. The molecular weight excluding hydrogens is 380 g/mol. The third kappa shape index (κ3) is 3.26. The van der Waals surface area contributed by atoms with Crippen LogP contribution in [-0.2, 0) is 20.0 Å². The van der Waals surface area contributed by atoms with Gasteiger partial charge in [0, 0.05) is 48.8 Å². The number of fused-ring (bicyclic) bond motifs is 6. The molecule has 0 saturated carbocycles. The van der Waals surface area contributed by atoms with E-state index in [0.29, 0.717) is 23.9 Å². The maximum Gasteiger partial charge on any atom is 0.0513 e. The molecule has 3 aromatic rings. The molecule has 0 aliphatic carbocycles. The first-order valence-corrected chi connectivity index (χ1v) is 11.8. The Morgan fingerprint density at radius 2 is 1.87 bits per heavy atom. The van der Waals surface area contributed by atoms with Gasteiger partial charge in [-0.1, -0.05) is 61.5 Å². The second-order valence-electron chi connectivity index (χ2n) is 9.44. The Kier molecular flexibility index (Phi) is 5.49. The van der Waals surface area contributed by atoms with Crippen LogP contribution in [-0.4, -0.2) is 27.2 Å². The van der Waals surface area contributed by atoms with Crippen molar-refractivity contribution in [2.45, 2.75) is 44.8 Å². The van der Waals surface area contributed by atoms with Crippen LogP contribution < -0.4 is 0 Å². The van der Waals surface area contributed by atoms with Crippen molar-refractivity contribution < 1.29 is 5.11 Å². The van der Waals surface area contributed by atoms with Gasteiger partial charge in [0.15, 0.2) is 0 Å². The van der Waals surface area contributed by atoms with Gasteiger partial charge in [-0.2, -0.15) is 0 Å². The van der Waals surface area contributed by atoms with E-state index in [1.54, 1.807) is 0 Å². The molecule has 0 spiro atoms. The third-order valence-corrected chi connectivity index (χ3v) is 8.10. The predicted molar refractivity (Wildman–Crippen MR) is 128 cm³/mol. The number of para-hydroxylation sites is 1. The Hall–Kier alpha value is -2.36. The summed E-state index contributed by atoms with van der Waals surface area (Å²) in [5.41, 5.74) is 5.66. The summed E-state index contributed by atoms with van der Waals surface area (Å²) in [6, 6.07) is 20.4. The minimum Gasteiger partial charge on any atom is -0.396 e. The van der Waals surface area contributed by atoms with E-state index in [0.717, 1.165) is 25.8 Å². The molecule has 1 N–H and O–H groups in total. The monoisotopic (exact) mass is 414 g/mol. The standard InChI is InChI=1S/C28H34N2O/c1-4-20(5-2)22-15-27-28-23(21-13-9-10-14-25(21)29(28)3)16-26(24(22)18-31)30(27)17-19-11-7-6-8-12-19/h4,6-14,20,22,24,26-27,31H,1,5,15-18H2,2-3H3/t20-,22?,24+,26-,27-/m0/s1. The molecule has 1 fully saturated rings. The summed E-state index contributed by atoms with van der Waals surface area (Å²) in [6.07, 6.45) is 5.31. The zero-order chi connectivity index (χ0) is 21.5. The van der Waals surface area contributed by atoms with Crippen LogP contribution in [0, 0.1) is 17.8 Å². The summed E-state index contributed by atoms with van der Waals surface area (Å²) in [6.45, 7) is 7.60. The van der Waals surface area contributed by atoms with Crippen LogP contribution in [0.15, 0.2) is 67.3 Å². The Morgan fingerprint density at radius 1 is 1.13 bits per heavy atom. The van der Waals surface area contributed by atoms with E-state index in [1.165, 1.54) is 27.7 Å². The number of benzene rings is 2. The number of allylic oxidation sites excluding steroid dienone is 1. The van der Waals surface area contributed by atoms with Gasteiger partial charge in [0.1, 0.15) is 0 Å². The molecule has 1 aromatic heterocycles. The molecule has 31 heavy (non-hydrogen) atoms. The first-order chi connectivity index (χ1) is 15.2. The first-order valence-electron chi connectivity index (χ1n) is 11.8. The van der Waals surface area contributed by atoms with E-state index in [2.05, 4.69) is 90.7 Å². The highest BCUT2D eigenvalue weighted by Gasteiger charge is 2.49. The normalized spacial score (nSPS) is 26.5. The van der Waals surface area contributed by atoms with E-state index in [9.17, 15) is 5.11 Å². The summed E-state index contributed by atoms with van der Waals surface area (Å²) in [7, 11) is 2.24. The summed E-state index contributed by atoms with van der Waals surface area (Å²) in [5.74, 6) is 1.20. The molecule has 3 heterocycles. The highest BCUT2D eigenvalue weighted by molar-refractivity contribution is 5.86. The van der Waals surface area contributed by atoms with E-state index in [1.807, 2.05) is 0 Å². The first kappa shape index (κ1) is 20.5. The number of aryl methyl sites for hydroxylation is 1. The summed E-state index contributed by atoms with van der Waals surface area (Å²) >= 11 is 0. The number of piperidine rings is 1. The number of hydrogen-bond acceptors (Lipinski definition) is 2. The largest absolute Gasteiger partial charge is 0.396 e. The molecule has 2 bridgehead atoms. The number of hydrogen-bond donors (Lipinski definition) is 1. The molecular formula is C28H34N2O. The summed E-state index contributed by atoms with van der Waals surface area (Å²) < 4.78 is 2.44. The fourth-order valence-corrected chi connectivity index (χ4v) is 6.62. The maximum absolute atomic E-state index is 10.6. The van der Waals surface area contributed by atoms with Crippen molar-refractivity contribution in [2.24, 2.45) is 24.8 Å². The van der Waals surface area contributed by atoms with Crippen LogP contribution in [0.2, 0.25) is 0 Å². The van der Waals surface area contributed by atoms with Gasteiger partial charge >= 0.3 is 0 Å². The molecule has 162 valence electrons. The van der Waals surface area contributed by atoms with E-state index < -0.39 is 0 Å². The molecule has 2 aliphatic heterocycles. The molecule has 0 amide bonds. The lowest BCUT2D eigenvalue weighted by Gasteiger charge is -2.54. The molecule has 0 radical (unpaired) electrons. The van der Waals surface area contributed by atoms with Crippen molar-refractivity contribution in [3.63, 3.8) is 0 Å². The molecule has 1 saturated heterocycles. The van der Waals surface area contributed by atoms with E-state index in [4.69, 9.17) is 0 Å². The molecule has 5 atom stereocenters. The Labute approximate surface area is 186 Å². The predicted octanol–water partition coefficient (Wildman–Crippen LogP) is 5.49. The molecule has 2 aromatic carbocycles. The average Bonchev–Trinajstić information content (AvgIpc) is 3.08. The molecule has 3 nitrogen and oxygen atoms in total. The lowest BCUT2D eigenvalue weighted by atomic mass is 9.65. The SMILES string of the molecule is C=C[C@@H](CC)C1C[C@H]2c3c(c4ccccc4n3C)C[C@@H]([C@@H]1CO)N2Cc1ccccc1. The average molecular weight is 415 g/mol. The maximum atomic E-state index is 10.6. The van der Waals surface area contributed by atoms with Gasteiger partial charge in [0.2, 0.25) is 0 Å². The number of nitrogens with zero attached hydrogens (tertiary/aromatic N) is 2. The van der Waals surface area contributed by atoms with Crippen LogP contribution in [0.5, 0.6) is 0 Å². The quantitative estimate of drug-likeness (QED) is 0.541. The van der Waals surface area contributed by atoms with Crippen molar-refractivity contribution in [2.75, 3.05) is 6.61 Å². The zero-order valence-corrected chi connectivity index (χ0v) is 18.7. The molecule has 2 aliphatic rings. The minimum absolute atomic E-state index is 0.248. The van der Waals surface area contributed by atoms with Crippen molar-refractivity contribution in [1.82, 2.24) is 9.47 Å². The Balaban J connectivity index is 1.65. The third-order valence-electron chi connectivity index (χ3n) is 8.10. The summed E-state index contributed by atoms with van der Waals surface area (Å²) in [5, 5.41) is 12.0. The summed E-state index contributed by atoms with van der Waals surface area (Å²) in [4.78, 5) is 2.70. The lowest BCUT2D eigenvalue weighted by molar-refractivity contribution is -0.0527. The van der Waals surface area contributed by atoms with Gasteiger partial charge in [-0.15, -0.1) is 6.58 Å². The van der Waals surface area contributed by atoms with Gasteiger partial charge < -0.3 is 9.67 Å². The second kappa shape index (κ2) is 8.29. The number of rotatable bonds is 6. The van der Waals surface area contributed by atoms with Crippen LogP contribution in [0.25, 0.3) is 10.9 Å². The number of aliphatic hydroxyl groups excluding tert-OH is 1. The number of aromatic nitrogens is 1. The van der Waals surface area contributed by atoms with Crippen LogP contribution in [0.3, 0.4) is 0 Å². The van der Waals surface area contributed by atoms with Gasteiger partial charge in [-0.05, 0) is 48.3 Å². The minimum atomic E-state index is 0.248. The van der Waals surface area contributed by atoms with Gasteiger partial charge in [0.05, 0.1) is 6.04 Å². The van der Waals surface area contributed by atoms with Crippen LogP contribution >= 0.6 is 0 Å². The number of aliphatic hydroxyl groups is 1. The Bertz CT molecular complexity index is 1070. The molecule has 5 rings (SSSR count). The highest BCUT2D eigenvalue weighted by Crippen LogP contribution is 2.51. The van der Waals surface area contributed by atoms with E-state index in [-0.39, 0.29) is 12.5 Å². The smallest absolute Gasteiger partial charge is 0.0513 e. The van der Waals surface area contributed by atoms with Gasteiger partial charge in [0.25, 0.3) is 0 Å². The fraction of sp³-hybridized carbons (Fsp3) is 0.429.